The fourth-order valence-electron chi connectivity index (χ4n) is 0.110. The zero-order valence-corrected chi connectivity index (χ0v) is 5.91. The number of thiocarbonyl (C=S) groups is 1. The lowest BCUT2D eigenvalue weighted by atomic mass is 11.2. The van der Waals surface area contributed by atoms with Gasteiger partial charge in [0.25, 0.3) is 0 Å². The molecule has 1 amide bonds. The quantitative estimate of drug-likeness (QED) is 0.360. The van der Waals surface area contributed by atoms with E-state index in [-0.39, 0.29) is 0 Å². The van der Waals surface area contributed by atoms with Crippen LogP contribution >= 0.6 is 24.8 Å². The second-order valence-electron chi connectivity index (χ2n) is 0.982. The third-order valence-corrected chi connectivity index (χ3v) is 0.838. The van der Waals surface area contributed by atoms with Crippen molar-refractivity contribution >= 4 is 35.6 Å². The summed E-state index contributed by atoms with van der Waals surface area (Å²) in [6, 6.07) is 0. The number of rotatable bonds is 2. The van der Waals surface area contributed by atoms with E-state index in [0.29, 0.717) is 0 Å². The Kier molecular flexibility index (Phi) is 3.55. The van der Waals surface area contributed by atoms with Gasteiger partial charge >= 0.3 is 5.24 Å². The molecule has 0 unspecified atom stereocenters. The average molecular weight is 151 g/mol. The topological polar surface area (TPSA) is 29.5 Å². The van der Waals surface area contributed by atoms with Gasteiger partial charge in [-0.25, -0.2) is 0 Å². The fourth-order valence-corrected chi connectivity index (χ4v) is 0.286. The van der Waals surface area contributed by atoms with E-state index in [2.05, 4.69) is 29.7 Å². The summed E-state index contributed by atoms with van der Waals surface area (Å²) in [7, 11) is 1.41. The summed E-state index contributed by atoms with van der Waals surface area (Å²) >= 11 is 7.70. The summed E-state index contributed by atoms with van der Waals surface area (Å²) in [5.74, 6) is 0. The normalized spacial score (nSPS) is 7.75. The molecule has 8 heavy (non-hydrogen) atoms. The zero-order chi connectivity index (χ0) is 6.57. The Morgan fingerprint density at radius 2 is 2.50 bits per heavy atom. The molecule has 46 valence electrons. The minimum Gasteiger partial charge on any atom is -0.373 e. The largest absolute Gasteiger partial charge is 0.373 e. The molecule has 0 saturated heterocycles. The molecule has 0 atom stereocenters. The van der Waals surface area contributed by atoms with E-state index in [1.807, 2.05) is 0 Å². The molecule has 0 saturated carbocycles. The van der Waals surface area contributed by atoms with E-state index < -0.39 is 5.24 Å². The maximum absolute atomic E-state index is 10.1. The Morgan fingerprint density at radius 3 is 2.62 bits per heavy atom. The number of hydrogen-bond donors (Lipinski definition) is 1. The van der Waals surface area contributed by atoms with Crippen molar-refractivity contribution in [1.29, 1.82) is 0 Å². The maximum atomic E-state index is 10.1. The van der Waals surface area contributed by atoms with Gasteiger partial charge in [-0.05, 0) is 12.2 Å². The summed E-state index contributed by atoms with van der Waals surface area (Å²) < 4.78 is 0. The van der Waals surface area contributed by atoms with Gasteiger partial charge in [-0.2, -0.15) is 5.06 Å². The minimum absolute atomic E-state index is 0.480. The smallest absolute Gasteiger partial charge is 0.310 e. The first-order valence-corrected chi connectivity index (χ1v) is 2.67. The SMILES string of the molecule is CN(OC=S)C(=O)S. The lowest BCUT2D eigenvalue weighted by Gasteiger charge is -2.08. The molecule has 0 aliphatic heterocycles. The molecule has 0 aromatic heterocycles. The number of carbonyl (C=O) groups is 1. The lowest BCUT2D eigenvalue weighted by Crippen LogP contribution is -2.19. The monoisotopic (exact) mass is 151 g/mol. The molecule has 0 spiro atoms. The Balaban J connectivity index is 3.46. The highest BCUT2D eigenvalue weighted by molar-refractivity contribution is 7.96. The van der Waals surface area contributed by atoms with Crippen LogP contribution in [-0.2, 0) is 4.84 Å². The van der Waals surface area contributed by atoms with Crippen LogP contribution in [-0.4, -0.2) is 22.9 Å². The first-order chi connectivity index (χ1) is 3.68. The van der Waals surface area contributed by atoms with E-state index in [1.54, 1.807) is 0 Å². The number of nitrogens with zero attached hydrogens (tertiary/aromatic N) is 1. The predicted molar refractivity (Wildman–Crippen MR) is 36.9 cm³/mol. The number of carbonyl (C=O) groups excluding carboxylic acids is 1. The van der Waals surface area contributed by atoms with E-state index >= 15 is 0 Å². The van der Waals surface area contributed by atoms with Crippen molar-refractivity contribution in [3.63, 3.8) is 0 Å². The molecule has 0 heterocycles. The molecule has 0 radical (unpaired) electrons. The van der Waals surface area contributed by atoms with Crippen molar-refractivity contribution in [3.05, 3.63) is 0 Å². The van der Waals surface area contributed by atoms with Gasteiger partial charge in [0.1, 0.15) is 0 Å². The van der Waals surface area contributed by atoms with Gasteiger partial charge in [-0.3, -0.25) is 4.79 Å². The summed E-state index contributed by atoms with van der Waals surface area (Å²) in [4.78, 5) is 14.5. The summed E-state index contributed by atoms with van der Waals surface area (Å²) in [5, 5.41) is 0.432. The molecule has 0 bridgehead atoms. The van der Waals surface area contributed by atoms with Crippen LogP contribution in [0.1, 0.15) is 0 Å². The molecule has 0 N–H and O–H groups in total. The highest BCUT2D eigenvalue weighted by Gasteiger charge is 1.98. The van der Waals surface area contributed by atoms with E-state index in [1.165, 1.54) is 7.05 Å². The Hall–Kier alpha value is -0.290. The van der Waals surface area contributed by atoms with Gasteiger partial charge in [-0.1, -0.05) is 12.6 Å². The van der Waals surface area contributed by atoms with Crippen molar-refractivity contribution < 1.29 is 9.63 Å². The third-order valence-electron chi connectivity index (χ3n) is 0.471. The van der Waals surface area contributed by atoms with E-state index in [4.69, 9.17) is 0 Å². The number of hydroxylamine groups is 2. The van der Waals surface area contributed by atoms with Gasteiger partial charge in [-0.15, -0.1) is 0 Å². The maximum Gasteiger partial charge on any atom is 0.310 e. The Morgan fingerprint density at radius 1 is 2.00 bits per heavy atom. The van der Waals surface area contributed by atoms with Gasteiger partial charge in [0.2, 0.25) is 0 Å². The lowest BCUT2D eigenvalue weighted by molar-refractivity contribution is 0.0229. The van der Waals surface area contributed by atoms with E-state index in [0.717, 1.165) is 10.6 Å². The zero-order valence-electron chi connectivity index (χ0n) is 4.20. The van der Waals surface area contributed by atoms with Crippen LogP contribution < -0.4 is 0 Å². The van der Waals surface area contributed by atoms with Crippen LogP contribution in [0, 0.1) is 0 Å². The molecule has 3 nitrogen and oxygen atoms in total. The predicted octanol–water partition coefficient (Wildman–Crippen LogP) is 0.857. The Labute approximate surface area is 58.0 Å². The van der Waals surface area contributed by atoms with Crippen molar-refractivity contribution in [1.82, 2.24) is 5.06 Å². The number of thiol groups is 1. The van der Waals surface area contributed by atoms with Gasteiger partial charge in [0.15, 0.2) is 5.55 Å². The second-order valence-corrected chi connectivity index (χ2v) is 1.56. The number of amides is 1. The Bertz CT molecular complexity index is 105. The third kappa shape index (κ3) is 2.81. The highest BCUT2D eigenvalue weighted by atomic mass is 32.1. The second kappa shape index (κ2) is 3.68. The molecule has 0 rings (SSSR count). The summed E-state index contributed by atoms with van der Waals surface area (Å²) in [5.41, 5.74) is 0.980. The van der Waals surface area contributed by atoms with Crippen LogP contribution in [0.4, 0.5) is 4.79 Å². The molecule has 0 aromatic rings. The van der Waals surface area contributed by atoms with Crippen LogP contribution in [0.25, 0.3) is 0 Å². The van der Waals surface area contributed by atoms with E-state index in [9.17, 15) is 4.79 Å². The molecular weight excluding hydrogens is 146 g/mol. The van der Waals surface area contributed by atoms with Crippen molar-refractivity contribution in [2.45, 2.75) is 0 Å². The summed E-state index contributed by atoms with van der Waals surface area (Å²) in [6.07, 6.45) is 0. The average Bonchev–Trinajstić information content (AvgIpc) is 1.67. The molecule has 0 aliphatic carbocycles. The van der Waals surface area contributed by atoms with Crippen LogP contribution in [0.3, 0.4) is 0 Å². The first kappa shape index (κ1) is 7.71. The fraction of sp³-hybridized carbons (Fsp3) is 0.333. The number of hydrogen-bond acceptors (Lipinski definition) is 3. The van der Waals surface area contributed by atoms with Crippen molar-refractivity contribution in [2.24, 2.45) is 0 Å². The van der Waals surface area contributed by atoms with Gasteiger partial charge in [0, 0.05) is 7.05 Å². The van der Waals surface area contributed by atoms with Gasteiger partial charge < -0.3 is 4.84 Å². The minimum atomic E-state index is -0.480. The standard InChI is InChI=1S/C3H5NO2S2/c1-4(3(5)8)6-2-7/h2H,1H3,(H,5,8). The van der Waals surface area contributed by atoms with Crippen molar-refractivity contribution in [3.8, 4) is 0 Å². The molecule has 0 fully saturated rings. The van der Waals surface area contributed by atoms with Crippen LogP contribution in [0.5, 0.6) is 0 Å². The van der Waals surface area contributed by atoms with Crippen molar-refractivity contribution in [2.75, 3.05) is 7.05 Å². The molecule has 0 aromatic carbocycles. The van der Waals surface area contributed by atoms with Crippen LogP contribution in [0.15, 0.2) is 0 Å². The highest BCUT2D eigenvalue weighted by Crippen LogP contribution is 1.89. The van der Waals surface area contributed by atoms with Crippen LogP contribution in [0.2, 0.25) is 0 Å². The molecule has 5 heteroatoms. The first-order valence-electron chi connectivity index (χ1n) is 1.75. The van der Waals surface area contributed by atoms with Gasteiger partial charge in [0.05, 0.1) is 0 Å². The molecular formula is C3H5NO2S2. The summed E-state index contributed by atoms with van der Waals surface area (Å²) in [6.45, 7) is 0. The molecule has 0 aliphatic rings.